The van der Waals surface area contributed by atoms with Crippen LogP contribution in [-0.4, -0.2) is 5.78 Å². The number of carbonyl (C=O) groups is 1. The van der Waals surface area contributed by atoms with Crippen molar-refractivity contribution in [2.45, 2.75) is 6.92 Å². The van der Waals surface area contributed by atoms with Crippen LogP contribution < -0.4 is 0 Å². The maximum Gasteiger partial charge on any atom is 0.160 e. The summed E-state index contributed by atoms with van der Waals surface area (Å²) in [5.74, 6) is 0.113. The lowest BCUT2D eigenvalue weighted by atomic mass is 9.91. The molecule has 0 aliphatic rings. The highest BCUT2D eigenvalue weighted by molar-refractivity contribution is 9.10. The standard InChI is InChI=1S/C18H11BrO/c1-10(20)13-6-4-11-2-3-12-5-9-16(19)15-8-7-14(13)17(11)18(12)15/h2-9H,1H3. The van der Waals surface area contributed by atoms with Gasteiger partial charge in [-0.1, -0.05) is 58.4 Å². The number of halogens is 1. The predicted octanol–water partition coefficient (Wildman–Crippen LogP) is 5.55. The fourth-order valence-corrected chi connectivity index (χ4v) is 3.54. The van der Waals surface area contributed by atoms with Crippen LogP contribution in [0.3, 0.4) is 0 Å². The van der Waals surface area contributed by atoms with E-state index in [0.717, 1.165) is 15.4 Å². The van der Waals surface area contributed by atoms with Gasteiger partial charge in [0.25, 0.3) is 0 Å². The van der Waals surface area contributed by atoms with Crippen molar-refractivity contribution in [1.82, 2.24) is 0 Å². The Bertz CT molecular complexity index is 985. The fourth-order valence-electron chi connectivity index (χ4n) is 3.07. The largest absolute Gasteiger partial charge is 0.294 e. The van der Waals surface area contributed by atoms with Gasteiger partial charge in [-0.25, -0.2) is 0 Å². The Hall–Kier alpha value is -1.93. The second kappa shape index (κ2) is 4.03. The molecule has 0 aromatic heterocycles. The van der Waals surface area contributed by atoms with Crippen LogP contribution in [-0.2, 0) is 0 Å². The molecule has 0 unspecified atom stereocenters. The molecule has 96 valence electrons. The average molecular weight is 323 g/mol. The summed E-state index contributed by atoms with van der Waals surface area (Å²) in [4.78, 5) is 11.8. The van der Waals surface area contributed by atoms with Crippen molar-refractivity contribution in [3.8, 4) is 0 Å². The van der Waals surface area contributed by atoms with Gasteiger partial charge in [0.15, 0.2) is 5.78 Å². The molecule has 2 heteroatoms. The first-order valence-electron chi connectivity index (χ1n) is 6.54. The van der Waals surface area contributed by atoms with Crippen molar-refractivity contribution in [1.29, 1.82) is 0 Å². The van der Waals surface area contributed by atoms with E-state index in [9.17, 15) is 4.79 Å². The highest BCUT2D eigenvalue weighted by Gasteiger charge is 2.13. The van der Waals surface area contributed by atoms with Crippen molar-refractivity contribution in [2.24, 2.45) is 0 Å². The van der Waals surface area contributed by atoms with Crippen LogP contribution in [0, 0.1) is 0 Å². The lowest BCUT2D eigenvalue weighted by Crippen LogP contribution is -1.95. The lowest BCUT2D eigenvalue weighted by Gasteiger charge is -2.13. The van der Waals surface area contributed by atoms with Gasteiger partial charge in [-0.05, 0) is 45.3 Å². The molecule has 0 saturated carbocycles. The van der Waals surface area contributed by atoms with Gasteiger partial charge in [0.2, 0.25) is 0 Å². The molecule has 0 radical (unpaired) electrons. The Balaban J connectivity index is 2.38. The summed E-state index contributed by atoms with van der Waals surface area (Å²) in [7, 11) is 0. The van der Waals surface area contributed by atoms with E-state index in [1.807, 2.05) is 12.1 Å². The molecule has 0 spiro atoms. The Labute approximate surface area is 124 Å². The van der Waals surface area contributed by atoms with E-state index in [1.54, 1.807) is 6.92 Å². The Morgan fingerprint density at radius 3 is 2.05 bits per heavy atom. The van der Waals surface area contributed by atoms with Crippen LogP contribution in [0.1, 0.15) is 17.3 Å². The smallest absolute Gasteiger partial charge is 0.160 e. The van der Waals surface area contributed by atoms with Crippen molar-refractivity contribution >= 4 is 54.0 Å². The summed E-state index contributed by atoms with van der Waals surface area (Å²) < 4.78 is 1.09. The molecule has 4 aromatic carbocycles. The lowest BCUT2D eigenvalue weighted by molar-refractivity contribution is 0.101. The molecule has 0 bridgehead atoms. The maximum absolute atomic E-state index is 11.8. The van der Waals surface area contributed by atoms with Crippen LogP contribution in [0.25, 0.3) is 32.3 Å². The second-order valence-corrected chi connectivity index (χ2v) is 5.99. The topological polar surface area (TPSA) is 17.1 Å². The Morgan fingerprint density at radius 1 is 0.800 bits per heavy atom. The highest BCUT2D eigenvalue weighted by Crippen LogP contribution is 2.38. The molecule has 1 nitrogen and oxygen atoms in total. The summed E-state index contributed by atoms with van der Waals surface area (Å²) in [5.41, 5.74) is 0.798. The molecule has 0 heterocycles. The minimum atomic E-state index is 0.113. The van der Waals surface area contributed by atoms with Crippen LogP contribution in [0.5, 0.6) is 0 Å². The number of benzene rings is 4. The molecule has 0 aliphatic heterocycles. The van der Waals surface area contributed by atoms with E-state index in [2.05, 4.69) is 52.3 Å². The third-order valence-electron chi connectivity index (χ3n) is 3.99. The zero-order valence-electron chi connectivity index (χ0n) is 10.9. The maximum atomic E-state index is 11.8. The number of Topliss-reactive ketones (excluding diaryl/α,β-unsaturated/α-hetero) is 1. The summed E-state index contributed by atoms with van der Waals surface area (Å²) in [5, 5.41) is 7.06. The highest BCUT2D eigenvalue weighted by atomic mass is 79.9. The van der Waals surface area contributed by atoms with Gasteiger partial charge in [-0.3, -0.25) is 4.79 Å². The van der Waals surface area contributed by atoms with Crippen molar-refractivity contribution in [2.75, 3.05) is 0 Å². The predicted molar refractivity (Wildman–Crippen MR) is 87.9 cm³/mol. The van der Waals surface area contributed by atoms with Crippen molar-refractivity contribution in [3.63, 3.8) is 0 Å². The van der Waals surface area contributed by atoms with E-state index in [-0.39, 0.29) is 5.78 Å². The van der Waals surface area contributed by atoms with Crippen LogP contribution >= 0.6 is 15.9 Å². The Kier molecular flexibility index (Phi) is 2.39. The number of carbonyl (C=O) groups excluding carboxylic acids is 1. The zero-order valence-corrected chi connectivity index (χ0v) is 12.5. The van der Waals surface area contributed by atoms with Gasteiger partial charge in [-0.15, -0.1) is 0 Å². The molecule has 0 fully saturated rings. The Morgan fingerprint density at radius 2 is 1.35 bits per heavy atom. The first kappa shape index (κ1) is 11.9. The molecular formula is C18H11BrO. The van der Waals surface area contributed by atoms with Gasteiger partial charge >= 0.3 is 0 Å². The normalized spacial score (nSPS) is 11.7. The van der Waals surface area contributed by atoms with Crippen molar-refractivity contribution < 1.29 is 4.79 Å². The van der Waals surface area contributed by atoms with E-state index < -0.39 is 0 Å². The second-order valence-electron chi connectivity index (χ2n) is 5.14. The molecule has 20 heavy (non-hydrogen) atoms. The molecule has 0 atom stereocenters. The number of hydrogen-bond acceptors (Lipinski definition) is 1. The van der Waals surface area contributed by atoms with Crippen LogP contribution in [0.4, 0.5) is 0 Å². The first-order chi connectivity index (χ1) is 9.66. The molecular weight excluding hydrogens is 312 g/mol. The quantitative estimate of drug-likeness (QED) is 0.331. The minimum Gasteiger partial charge on any atom is -0.294 e. The van der Waals surface area contributed by atoms with Gasteiger partial charge in [0.05, 0.1) is 0 Å². The first-order valence-corrected chi connectivity index (χ1v) is 7.33. The van der Waals surface area contributed by atoms with Crippen molar-refractivity contribution in [3.05, 3.63) is 58.6 Å². The molecule has 0 amide bonds. The molecule has 4 rings (SSSR count). The number of ketones is 1. The molecule has 0 saturated heterocycles. The number of rotatable bonds is 1. The SMILES string of the molecule is CC(=O)c1ccc2ccc3ccc(Br)c4ccc1c2c34. The summed E-state index contributed by atoms with van der Waals surface area (Å²) in [6.45, 7) is 1.63. The third kappa shape index (κ3) is 1.46. The monoisotopic (exact) mass is 322 g/mol. The summed E-state index contributed by atoms with van der Waals surface area (Å²) in [6, 6.07) is 16.6. The summed E-state index contributed by atoms with van der Waals surface area (Å²) in [6.07, 6.45) is 0. The molecule has 0 aliphatic carbocycles. The summed E-state index contributed by atoms with van der Waals surface area (Å²) >= 11 is 3.62. The third-order valence-corrected chi connectivity index (χ3v) is 4.68. The van der Waals surface area contributed by atoms with E-state index in [1.165, 1.54) is 26.9 Å². The fraction of sp³-hybridized carbons (Fsp3) is 0.0556. The number of hydrogen-bond donors (Lipinski definition) is 0. The van der Waals surface area contributed by atoms with Crippen LogP contribution in [0.15, 0.2) is 53.0 Å². The van der Waals surface area contributed by atoms with E-state index in [0.29, 0.717) is 0 Å². The van der Waals surface area contributed by atoms with Crippen LogP contribution in [0.2, 0.25) is 0 Å². The zero-order chi connectivity index (χ0) is 13.9. The minimum absolute atomic E-state index is 0.113. The van der Waals surface area contributed by atoms with E-state index >= 15 is 0 Å². The molecule has 4 aromatic rings. The average Bonchev–Trinajstić information content (AvgIpc) is 2.46. The van der Waals surface area contributed by atoms with Gasteiger partial charge in [-0.2, -0.15) is 0 Å². The molecule has 0 N–H and O–H groups in total. The van der Waals surface area contributed by atoms with Gasteiger partial charge < -0.3 is 0 Å². The van der Waals surface area contributed by atoms with Gasteiger partial charge in [0, 0.05) is 10.0 Å². The van der Waals surface area contributed by atoms with Gasteiger partial charge in [0.1, 0.15) is 0 Å². The van der Waals surface area contributed by atoms with E-state index in [4.69, 9.17) is 0 Å².